The number of nitrogens with one attached hydrogen (secondary N) is 1. The number of carbonyl (C=O) groups is 1. The molecule has 0 bridgehead atoms. The van der Waals surface area contributed by atoms with E-state index in [2.05, 4.69) is 24.1 Å². The van der Waals surface area contributed by atoms with E-state index in [4.69, 9.17) is 27.9 Å². The lowest BCUT2D eigenvalue weighted by molar-refractivity contribution is -0.123. The molecule has 1 N–H and O–H groups in total. The SMILES string of the molecule is CC(C)CN1CCOC(CNC(=O)CN(C)Cc2cccc(Cl)c2Cl)C1. The van der Waals surface area contributed by atoms with Crippen molar-refractivity contribution in [3.05, 3.63) is 33.8 Å². The Morgan fingerprint density at radius 1 is 1.42 bits per heavy atom. The molecule has 7 heteroatoms. The van der Waals surface area contributed by atoms with E-state index in [0.717, 1.165) is 31.8 Å². The predicted molar refractivity (Wildman–Crippen MR) is 107 cm³/mol. The summed E-state index contributed by atoms with van der Waals surface area (Å²) in [4.78, 5) is 16.5. The minimum absolute atomic E-state index is 0.0183. The number of carbonyl (C=O) groups excluding carboxylic acids is 1. The number of benzene rings is 1. The Hall–Kier alpha value is -0.850. The molecule has 1 fully saturated rings. The molecule has 0 spiro atoms. The van der Waals surface area contributed by atoms with Crippen LogP contribution < -0.4 is 5.32 Å². The van der Waals surface area contributed by atoms with Crippen molar-refractivity contribution in [2.45, 2.75) is 26.5 Å². The van der Waals surface area contributed by atoms with Gasteiger partial charge < -0.3 is 10.1 Å². The largest absolute Gasteiger partial charge is 0.374 e. The predicted octanol–water partition coefficient (Wildman–Crippen LogP) is 2.90. The molecule has 0 aliphatic carbocycles. The van der Waals surface area contributed by atoms with Gasteiger partial charge in [0.25, 0.3) is 0 Å². The van der Waals surface area contributed by atoms with Gasteiger partial charge in [0.05, 0.1) is 29.3 Å². The molecule has 0 aromatic heterocycles. The van der Waals surface area contributed by atoms with Crippen molar-refractivity contribution in [3.63, 3.8) is 0 Å². The number of ether oxygens (including phenoxy) is 1. The summed E-state index contributed by atoms with van der Waals surface area (Å²) >= 11 is 12.2. The molecule has 0 saturated carbocycles. The first-order chi connectivity index (χ1) is 12.3. The van der Waals surface area contributed by atoms with Crippen LogP contribution >= 0.6 is 23.2 Å². The molecular weight excluding hydrogens is 373 g/mol. The van der Waals surface area contributed by atoms with Crippen LogP contribution in [-0.2, 0) is 16.1 Å². The van der Waals surface area contributed by atoms with Crippen LogP contribution in [0.4, 0.5) is 0 Å². The van der Waals surface area contributed by atoms with Gasteiger partial charge >= 0.3 is 0 Å². The summed E-state index contributed by atoms with van der Waals surface area (Å²) in [6.07, 6.45) is 0.0548. The third-order valence-corrected chi connectivity index (χ3v) is 5.12. The van der Waals surface area contributed by atoms with E-state index in [0.29, 0.717) is 35.6 Å². The van der Waals surface area contributed by atoms with Crippen molar-refractivity contribution in [3.8, 4) is 0 Å². The molecule has 0 radical (unpaired) electrons. The number of hydrogen-bond acceptors (Lipinski definition) is 4. The first-order valence-corrected chi connectivity index (χ1v) is 9.82. The van der Waals surface area contributed by atoms with Crippen molar-refractivity contribution in [1.82, 2.24) is 15.1 Å². The molecule has 5 nitrogen and oxygen atoms in total. The van der Waals surface area contributed by atoms with Gasteiger partial charge in [0.1, 0.15) is 0 Å². The number of halogens is 2. The number of hydrogen-bond donors (Lipinski definition) is 1. The first kappa shape index (κ1) is 21.5. The van der Waals surface area contributed by atoms with Crippen LogP contribution in [0.3, 0.4) is 0 Å². The fourth-order valence-corrected chi connectivity index (χ4v) is 3.51. The van der Waals surface area contributed by atoms with Crippen molar-refractivity contribution < 1.29 is 9.53 Å². The fourth-order valence-electron chi connectivity index (χ4n) is 3.13. The van der Waals surface area contributed by atoms with E-state index < -0.39 is 0 Å². The van der Waals surface area contributed by atoms with Crippen molar-refractivity contribution >= 4 is 29.1 Å². The molecule has 2 rings (SSSR count). The zero-order valence-corrected chi connectivity index (χ0v) is 17.3. The molecule has 1 saturated heterocycles. The van der Waals surface area contributed by atoms with Crippen LogP contribution in [0.25, 0.3) is 0 Å². The molecule has 1 aromatic rings. The number of amides is 1. The van der Waals surface area contributed by atoms with Crippen LogP contribution in [0.1, 0.15) is 19.4 Å². The number of morpholine rings is 1. The Labute approximate surface area is 166 Å². The second-order valence-corrected chi connectivity index (χ2v) is 8.12. The molecule has 1 heterocycles. The molecule has 1 amide bonds. The third-order valence-electron chi connectivity index (χ3n) is 4.26. The molecule has 1 aliphatic heterocycles. The topological polar surface area (TPSA) is 44.8 Å². The molecule has 1 aliphatic rings. The highest BCUT2D eigenvalue weighted by molar-refractivity contribution is 6.42. The number of rotatable bonds is 8. The number of likely N-dealkylation sites (N-methyl/N-ethyl adjacent to an activating group) is 1. The average molecular weight is 402 g/mol. The third kappa shape index (κ3) is 7.05. The van der Waals surface area contributed by atoms with E-state index in [1.807, 2.05) is 24.1 Å². The molecular formula is C19H29Cl2N3O2. The zero-order chi connectivity index (χ0) is 19.1. The Bertz CT molecular complexity index is 598. The summed E-state index contributed by atoms with van der Waals surface area (Å²) in [5.74, 6) is 0.616. The molecule has 1 aromatic carbocycles. The Balaban J connectivity index is 1.73. The fraction of sp³-hybridized carbons (Fsp3) is 0.632. The first-order valence-electron chi connectivity index (χ1n) is 9.07. The van der Waals surface area contributed by atoms with Gasteiger partial charge in [-0.25, -0.2) is 0 Å². The summed E-state index contributed by atoms with van der Waals surface area (Å²) < 4.78 is 5.77. The van der Waals surface area contributed by atoms with Gasteiger partial charge in [0, 0.05) is 32.7 Å². The lowest BCUT2D eigenvalue weighted by Crippen LogP contribution is -2.49. The lowest BCUT2D eigenvalue weighted by atomic mass is 10.2. The van der Waals surface area contributed by atoms with Crippen LogP contribution in [0, 0.1) is 5.92 Å². The Morgan fingerprint density at radius 2 is 2.19 bits per heavy atom. The average Bonchev–Trinajstić information content (AvgIpc) is 2.57. The van der Waals surface area contributed by atoms with E-state index in [1.54, 1.807) is 6.07 Å². The summed E-state index contributed by atoms with van der Waals surface area (Å²) in [6, 6.07) is 5.54. The summed E-state index contributed by atoms with van der Waals surface area (Å²) in [6.45, 7) is 9.46. The molecule has 1 unspecified atom stereocenters. The Morgan fingerprint density at radius 3 is 2.92 bits per heavy atom. The highest BCUT2D eigenvalue weighted by Crippen LogP contribution is 2.26. The van der Waals surface area contributed by atoms with Crippen LogP contribution in [-0.4, -0.2) is 68.2 Å². The van der Waals surface area contributed by atoms with Crippen LogP contribution in [0.2, 0.25) is 10.0 Å². The second kappa shape index (κ2) is 10.5. The van der Waals surface area contributed by atoms with Gasteiger partial charge in [0.2, 0.25) is 5.91 Å². The maximum Gasteiger partial charge on any atom is 0.234 e. The van der Waals surface area contributed by atoms with Gasteiger partial charge in [-0.05, 0) is 24.6 Å². The normalized spacial score (nSPS) is 18.5. The van der Waals surface area contributed by atoms with Crippen molar-refractivity contribution in [1.29, 1.82) is 0 Å². The van der Waals surface area contributed by atoms with Gasteiger partial charge in [-0.1, -0.05) is 49.2 Å². The van der Waals surface area contributed by atoms with Gasteiger partial charge in [0.15, 0.2) is 0 Å². The lowest BCUT2D eigenvalue weighted by Gasteiger charge is -2.34. The molecule has 1 atom stereocenters. The highest BCUT2D eigenvalue weighted by atomic mass is 35.5. The van der Waals surface area contributed by atoms with E-state index in [9.17, 15) is 4.79 Å². The van der Waals surface area contributed by atoms with E-state index in [1.165, 1.54) is 0 Å². The minimum atomic E-state index is -0.0183. The van der Waals surface area contributed by atoms with Crippen LogP contribution in [0.5, 0.6) is 0 Å². The summed E-state index contributed by atoms with van der Waals surface area (Å²) in [5.41, 5.74) is 0.911. The quantitative estimate of drug-likeness (QED) is 0.727. The standard InChI is InChI=1S/C19H29Cl2N3O2/c1-14(2)10-24-7-8-26-16(12-24)9-22-18(25)13-23(3)11-15-5-4-6-17(20)19(15)21/h4-6,14,16H,7-13H2,1-3H3,(H,22,25). The van der Waals surface area contributed by atoms with Gasteiger partial charge in [-0.15, -0.1) is 0 Å². The maximum absolute atomic E-state index is 12.2. The Kier molecular flexibility index (Phi) is 8.64. The zero-order valence-electron chi connectivity index (χ0n) is 15.8. The number of nitrogens with zero attached hydrogens (tertiary/aromatic N) is 2. The summed E-state index contributed by atoms with van der Waals surface area (Å²) in [7, 11) is 1.89. The van der Waals surface area contributed by atoms with E-state index >= 15 is 0 Å². The summed E-state index contributed by atoms with van der Waals surface area (Å²) in [5, 5.41) is 4.05. The highest BCUT2D eigenvalue weighted by Gasteiger charge is 2.21. The minimum Gasteiger partial charge on any atom is -0.374 e. The van der Waals surface area contributed by atoms with Gasteiger partial charge in [-0.3, -0.25) is 14.6 Å². The van der Waals surface area contributed by atoms with E-state index in [-0.39, 0.29) is 12.0 Å². The molecule has 26 heavy (non-hydrogen) atoms. The van der Waals surface area contributed by atoms with Crippen molar-refractivity contribution in [2.75, 3.05) is 46.4 Å². The van der Waals surface area contributed by atoms with Crippen LogP contribution in [0.15, 0.2) is 18.2 Å². The molecule has 146 valence electrons. The second-order valence-electron chi connectivity index (χ2n) is 7.34. The monoisotopic (exact) mass is 401 g/mol. The maximum atomic E-state index is 12.2. The van der Waals surface area contributed by atoms with Crippen molar-refractivity contribution in [2.24, 2.45) is 5.92 Å². The smallest absolute Gasteiger partial charge is 0.234 e. The van der Waals surface area contributed by atoms with Gasteiger partial charge in [-0.2, -0.15) is 0 Å².